The molecule has 0 bridgehead atoms. The molecule has 0 aromatic heterocycles. The molecule has 2 rings (SSSR count). The summed E-state index contributed by atoms with van der Waals surface area (Å²) in [5, 5.41) is 10.6. The van der Waals surface area contributed by atoms with Crippen LogP contribution in [-0.2, 0) is 24.0 Å². The van der Waals surface area contributed by atoms with Crippen molar-refractivity contribution in [1.29, 1.82) is 0 Å². The Bertz CT molecular complexity index is 641. The average Bonchev–Trinajstić information content (AvgIpc) is 3.19. The lowest BCUT2D eigenvalue weighted by Gasteiger charge is -2.14. The van der Waals surface area contributed by atoms with Gasteiger partial charge in [-0.25, -0.2) is 4.79 Å². The molecule has 9 nitrogen and oxygen atoms in total. The summed E-state index contributed by atoms with van der Waals surface area (Å²) < 4.78 is 0. The van der Waals surface area contributed by atoms with Crippen molar-refractivity contribution < 1.29 is 24.0 Å². The Morgan fingerprint density at radius 3 is 2.37 bits per heavy atom. The molecule has 0 aromatic rings. The number of hydroxylamine groups is 2. The van der Waals surface area contributed by atoms with E-state index < -0.39 is 17.8 Å². The highest BCUT2D eigenvalue weighted by Gasteiger charge is 2.32. The highest BCUT2D eigenvalue weighted by molar-refractivity contribution is 7.80. The molecule has 0 unspecified atom stereocenters. The first-order valence-corrected chi connectivity index (χ1v) is 11.2. The molecular formula is C20H32N4O5S. The first kappa shape index (κ1) is 24.0. The second-order valence-corrected chi connectivity index (χ2v) is 8.23. The first-order chi connectivity index (χ1) is 14.4. The minimum Gasteiger partial charge on any atom is -0.358 e. The largest absolute Gasteiger partial charge is 0.358 e. The Hall–Kier alpha value is -2.23. The van der Waals surface area contributed by atoms with E-state index >= 15 is 0 Å². The Kier molecular flexibility index (Phi) is 9.99. The van der Waals surface area contributed by atoms with Crippen LogP contribution in [0, 0.1) is 0 Å². The monoisotopic (exact) mass is 440 g/mol. The molecule has 2 aliphatic heterocycles. The normalized spacial score (nSPS) is 20.8. The third kappa shape index (κ3) is 8.25. The summed E-state index contributed by atoms with van der Waals surface area (Å²) in [6.07, 6.45) is 6.91. The van der Waals surface area contributed by atoms with Gasteiger partial charge in [0.25, 0.3) is 11.8 Å². The summed E-state index contributed by atoms with van der Waals surface area (Å²) in [7, 11) is 0. The number of hydrogen-bond donors (Lipinski definition) is 3. The Morgan fingerprint density at radius 1 is 1.03 bits per heavy atom. The topological polar surface area (TPSA) is 117 Å². The number of nitrogens with zero attached hydrogens (tertiary/aromatic N) is 1. The van der Waals surface area contributed by atoms with Crippen molar-refractivity contribution in [2.75, 3.05) is 6.54 Å². The van der Waals surface area contributed by atoms with Gasteiger partial charge in [0.2, 0.25) is 5.91 Å². The van der Waals surface area contributed by atoms with E-state index in [1.807, 2.05) is 0 Å². The lowest BCUT2D eigenvalue weighted by molar-refractivity contribution is -0.197. The molecule has 10 heteroatoms. The van der Waals surface area contributed by atoms with E-state index in [0.29, 0.717) is 36.5 Å². The maximum Gasteiger partial charge on any atom is 0.333 e. The minimum atomic E-state index is -0.581. The molecule has 2 heterocycles. The van der Waals surface area contributed by atoms with Gasteiger partial charge in [0.15, 0.2) is 5.11 Å². The third-order valence-corrected chi connectivity index (χ3v) is 5.51. The Balaban J connectivity index is 1.40. The van der Waals surface area contributed by atoms with Gasteiger partial charge < -0.3 is 20.8 Å². The van der Waals surface area contributed by atoms with Crippen molar-refractivity contribution in [1.82, 2.24) is 21.0 Å². The van der Waals surface area contributed by atoms with Crippen molar-refractivity contribution >= 4 is 41.0 Å². The summed E-state index contributed by atoms with van der Waals surface area (Å²) in [5.74, 6) is -1.47. The summed E-state index contributed by atoms with van der Waals surface area (Å²) in [4.78, 5) is 51.1. The number of nitrogens with one attached hydrogen (secondary N) is 3. The number of imide groups is 1. The van der Waals surface area contributed by atoms with Gasteiger partial charge in [0, 0.05) is 44.3 Å². The van der Waals surface area contributed by atoms with E-state index in [4.69, 9.17) is 17.1 Å². The number of carbonyl (C=O) groups is 4. The van der Waals surface area contributed by atoms with E-state index in [1.165, 1.54) is 0 Å². The van der Waals surface area contributed by atoms with Gasteiger partial charge in [0.1, 0.15) is 0 Å². The molecule has 2 fully saturated rings. The van der Waals surface area contributed by atoms with Crippen LogP contribution in [0.2, 0.25) is 0 Å². The molecule has 0 saturated carbocycles. The Labute approximate surface area is 182 Å². The minimum absolute atomic E-state index is 0.0515. The van der Waals surface area contributed by atoms with Gasteiger partial charge in [-0.2, -0.15) is 0 Å². The molecule has 0 radical (unpaired) electrons. The fraction of sp³-hybridized carbons (Fsp3) is 0.750. The van der Waals surface area contributed by atoms with E-state index in [-0.39, 0.29) is 25.2 Å². The van der Waals surface area contributed by atoms with Crippen LogP contribution in [0.3, 0.4) is 0 Å². The van der Waals surface area contributed by atoms with Crippen LogP contribution in [0.5, 0.6) is 0 Å². The SMILES string of the molecule is C[C@@H]1NC(=S)N[C@@H]1CCCCCC(=O)NCCCCCC(=O)ON1C(=O)CCC1=O. The molecule has 0 aromatic carbocycles. The second-order valence-electron chi connectivity index (χ2n) is 7.82. The maximum atomic E-state index is 11.9. The molecule has 3 amide bonds. The summed E-state index contributed by atoms with van der Waals surface area (Å²) in [6.45, 7) is 2.69. The molecule has 2 aliphatic rings. The van der Waals surface area contributed by atoms with E-state index in [0.717, 1.165) is 43.6 Å². The highest BCUT2D eigenvalue weighted by Crippen LogP contribution is 2.14. The molecule has 2 atom stereocenters. The van der Waals surface area contributed by atoms with Crippen molar-refractivity contribution in [2.24, 2.45) is 0 Å². The van der Waals surface area contributed by atoms with Crippen molar-refractivity contribution in [3.63, 3.8) is 0 Å². The summed E-state index contributed by atoms with van der Waals surface area (Å²) >= 11 is 5.10. The average molecular weight is 441 g/mol. The third-order valence-electron chi connectivity index (χ3n) is 5.28. The lowest BCUT2D eigenvalue weighted by Crippen LogP contribution is -2.31. The van der Waals surface area contributed by atoms with Gasteiger partial charge in [0.05, 0.1) is 0 Å². The fourth-order valence-electron chi connectivity index (χ4n) is 3.48. The van der Waals surface area contributed by atoms with Crippen LogP contribution in [0.25, 0.3) is 0 Å². The van der Waals surface area contributed by atoms with Gasteiger partial charge >= 0.3 is 5.97 Å². The summed E-state index contributed by atoms with van der Waals surface area (Å²) in [5.41, 5.74) is 0. The number of carbonyl (C=O) groups excluding carboxylic acids is 4. The summed E-state index contributed by atoms with van der Waals surface area (Å²) in [6, 6.07) is 0.729. The number of amides is 3. The number of rotatable bonds is 13. The van der Waals surface area contributed by atoms with Crippen LogP contribution < -0.4 is 16.0 Å². The van der Waals surface area contributed by atoms with Crippen molar-refractivity contribution in [3.8, 4) is 0 Å². The lowest BCUT2D eigenvalue weighted by atomic mass is 10.0. The van der Waals surface area contributed by atoms with E-state index in [2.05, 4.69) is 22.9 Å². The van der Waals surface area contributed by atoms with Gasteiger partial charge in [-0.05, 0) is 44.8 Å². The van der Waals surface area contributed by atoms with Gasteiger partial charge in [-0.3, -0.25) is 14.4 Å². The van der Waals surface area contributed by atoms with Crippen LogP contribution in [0.4, 0.5) is 0 Å². The van der Waals surface area contributed by atoms with Crippen LogP contribution in [0.15, 0.2) is 0 Å². The van der Waals surface area contributed by atoms with Gasteiger partial charge in [-0.15, -0.1) is 5.06 Å². The zero-order valence-electron chi connectivity index (χ0n) is 17.5. The Morgan fingerprint density at radius 2 is 1.70 bits per heavy atom. The molecule has 3 N–H and O–H groups in total. The second kappa shape index (κ2) is 12.5. The smallest absolute Gasteiger partial charge is 0.333 e. The quantitative estimate of drug-likeness (QED) is 0.224. The highest BCUT2D eigenvalue weighted by atomic mass is 32.1. The molecule has 30 heavy (non-hydrogen) atoms. The van der Waals surface area contributed by atoms with Crippen LogP contribution >= 0.6 is 12.2 Å². The molecule has 168 valence electrons. The predicted octanol–water partition coefficient (Wildman–Crippen LogP) is 1.46. The maximum absolute atomic E-state index is 11.9. The zero-order valence-corrected chi connectivity index (χ0v) is 18.4. The van der Waals surface area contributed by atoms with Crippen molar-refractivity contribution in [3.05, 3.63) is 0 Å². The fourth-order valence-corrected chi connectivity index (χ4v) is 3.82. The van der Waals surface area contributed by atoms with Crippen molar-refractivity contribution in [2.45, 2.75) is 89.6 Å². The first-order valence-electron chi connectivity index (χ1n) is 10.8. The van der Waals surface area contributed by atoms with Gasteiger partial charge in [-0.1, -0.05) is 19.3 Å². The predicted molar refractivity (Wildman–Crippen MR) is 114 cm³/mol. The van der Waals surface area contributed by atoms with Crippen LogP contribution in [-0.4, -0.2) is 52.5 Å². The van der Waals surface area contributed by atoms with E-state index in [9.17, 15) is 19.2 Å². The number of unbranched alkanes of at least 4 members (excludes halogenated alkanes) is 4. The number of thiocarbonyl (C=S) groups is 1. The zero-order chi connectivity index (χ0) is 21.9. The number of hydrogen-bond acceptors (Lipinski definition) is 6. The van der Waals surface area contributed by atoms with E-state index in [1.54, 1.807) is 0 Å². The standard InChI is InChI=1S/C20H32N4O5S/c1-14-15(23-20(30)22-14)8-4-2-5-9-16(25)21-13-7-3-6-10-19(28)29-24-17(26)11-12-18(24)27/h14-15H,2-13H2,1H3,(H,21,25)(H2,22,23,30)/t14-,15+/m0/s1. The molecule has 2 saturated heterocycles. The van der Waals surface area contributed by atoms with Crippen LogP contribution in [0.1, 0.15) is 77.6 Å². The molecule has 0 spiro atoms. The molecular weight excluding hydrogens is 408 g/mol. The molecule has 0 aliphatic carbocycles.